The molecule has 1 heterocycles. The van der Waals surface area contributed by atoms with Gasteiger partial charge in [-0.3, -0.25) is 4.79 Å². The summed E-state index contributed by atoms with van der Waals surface area (Å²) in [6.07, 6.45) is 7.68. The van der Waals surface area contributed by atoms with E-state index in [2.05, 4.69) is 5.32 Å². The van der Waals surface area contributed by atoms with Gasteiger partial charge in [0, 0.05) is 19.2 Å². The smallest absolute Gasteiger partial charge is 0.306 e. The zero-order valence-corrected chi connectivity index (χ0v) is 10.4. The molecule has 17 heavy (non-hydrogen) atoms. The maximum absolute atomic E-state index is 11.0. The molecule has 1 aliphatic carbocycles. The van der Waals surface area contributed by atoms with Gasteiger partial charge in [-0.2, -0.15) is 0 Å². The fourth-order valence-electron chi connectivity index (χ4n) is 2.87. The van der Waals surface area contributed by atoms with Gasteiger partial charge in [0.1, 0.15) is 0 Å². The Balaban J connectivity index is 1.69. The van der Waals surface area contributed by atoms with Crippen LogP contribution >= 0.6 is 0 Å². The van der Waals surface area contributed by atoms with Crippen molar-refractivity contribution in [3.05, 3.63) is 0 Å². The Bertz CT molecular complexity index is 251. The first-order chi connectivity index (χ1) is 8.25. The van der Waals surface area contributed by atoms with Crippen molar-refractivity contribution in [3.63, 3.8) is 0 Å². The predicted molar refractivity (Wildman–Crippen MR) is 65.0 cm³/mol. The van der Waals surface area contributed by atoms with Gasteiger partial charge < -0.3 is 15.2 Å². The van der Waals surface area contributed by atoms with E-state index in [4.69, 9.17) is 9.84 Å². The number of hydrogen-bond acceptors (Lipinski definition) is 3. The summed E-state index contributed by atoms with van der Waals surface area (Å²) >= 11 is 0. The largest absolute Gasteiger partial charge is 0.481 e. The minimum atomic E-state index is -0.634. The number of nitrogens with one attached hydrogen (secondary N) is 1. The van der Waals surface area contributed by atoms with Gasteiger partial charge in [-0.25, -0.2) is 0 Å². The van der Waals surface area contributed by atoms with Crippen molar-refractivity contribution in [3.8, 4) is 0 Å². The lowest BCUT2D eigenvalue weighted by atomic mass is 9.85. The molecule has 3 atom stereocenters. The zero-order valence-electron chi connectivity index (χ0n) is 10.4. The zero-order chi connectivity index (χ0) is 12.1. The van der Waals surface area contributed by atoms with Gasteiger partial charge in [0.2, 0.25) is 0 Å². The molecule has 98 valence electrons. The van der Waals surface area contributed by atoms with Crippen LogP contribution in [0.4, 0.5) is 0 Å². The summed E-state index contributed by atoms with van der Waals surface area (Å²) in [5, 5.41) is 12.5. The first-order valence-electron chi connectivity index (χ1n) is 6.83. The molecule has 0 bridgehead atoms. The topological polar surface area (TPSA) is 58.6 Å². The van der Waals surface area contributed by atoms with E-state index >= 15 is 0 Å². The summed E-state index contributed by atoms with van der Waals surface area (Å²) in [4.78, 5) is 11.0. The molecule has 0 amide bonds. The van der Waals surface area contributed by atoms with Crippen LogP contribution in [0.5, 0.6) is 0 Å². The molecular formula is C13H23NO3. The molecule has 0 aromatic rings. The number of carbonyl (C=O) groups is 1. The molecule has 2 aliphatic rings. The van der Waals surface area contributed by atoms with Crippen molar-refractivity contribution >= 4 is 5.97 Å². The van der Waals surface area contributed by atoms with E-state index in [0.717, 1.165) is 45.3 Å². The molecule has 0 radical (unpaired) electrons. The highest BCUT2D eigenvalue weighted by Gasteiger charge is 2.27. The SMILES string of the molecule is O=C(O)C1CCCC(NCC2CCCCO2)C1. The van der Waals surface area contributed by atoms with Gasteiger partial charge in [0.05, 0.1) is 12.0 Å². The third-order valence-electron chi connectivity index (χ3n) is 3.93. The van der Waals surface area contributed by atoms with Crippen molar-refractivity contribution in [1.82, 2.24) is 5.32 Å². The molecule has 0 aromatic carbocycles. The highest BCUT2D eigenvalue weighted by Crippen LogP contribution is 2.24. The molecule has 2 fully saturated rings. The molecule has 3 unspecified atom stereocenters. The molecule has 4 nitrogen and oxygen atoms in total. The van der Waals surface area contributed by atoms with Crippen LogP contribution in [-0.4, -0.2) is 36.4 Å². The molecule has 0 spiro atoms. The van der Waals surface area contributed by atoms with Gasteiger partial charge in [-0.1, -0.05) is 6.42 Å². The van der Waals surface area contributed by atoms with E-state index in [1.54, 1.807) is 0 Å². The van der Waals surface area contributed by atoms with Crippen LogP contribution in [0, 0.1) is 5.92 Å². The van der Waals surface area contributed by atoms with E-state index in [9.17, 15) is 4.79 Å². The monoisotopic (exact) mass is 241 g/mol. The summed E-state index contributed by atoms with van der Waals surface area (Å²) in [6.45, 7) is 1.77. The highest BCUT2D eigenvalue weighted by molar-refractivity contribution is 5.70. The molecule has 1 saturated heterocycles. The maximum Gasteiger partial charge on any atom is 0.306 e. The fourth-order valence-corrected chi connectivity index (χ4v) is 2.87. The highest BCUT2D eigenvalue weighted by atomic mass is 16.5. The van der Waals surface area contributed by atoms with Crippen molar-refractivity contribution in [2.45, 2.75) is 57.1 Å². The quantitative estimate of drug-likeness (QED) is 0.788. The van der Waals surface area contributed by atoms with E-state index < -0.39 is 5.97 Å². The number of carboxylic acid groups (broad SMARTS) is 1. The van der Waals surface area contributed by atoms with Gasteiger partial charge in [0.25, 0.3) is 0 Å². The Hall–Kier alpha value is -0.610. The minimum absolute atomic E-state index is 0.145. The average Bonchev–Trinajstić information content (AvgIpc) is 2.38. The molecule has 1 saturated carbocycles. The first-order valence-corrected chi connectivity index (χ1v) is 6.83. The van der Waals surface area contributed by atoms with Crippen LogP contribution in [0.1, 0.15) is 44.9 Å². The number of aliphatic carboxylic acids is 1. The van der Waals surface area contributed by atoms with Crippen LogP contribution in [0.25, 0.3) is 0 Å². The van der Waals surface area contributed by atoms with Crippen LogP contribution in [0.15, 0.2) is 0 Å². The summed E-state index contributed by atoms with van der Waals surface area (Å²) in [5.74, 6) is -0.779. The summed E-state index contributed by atoms with van der Waals surface area (Å²) in [5.41, 5.74) is 0. The third kappa shape index (κ3) is 3.96. The standard InChI is InChI=1S/C13H23NO3/c15-13(16)10-4-3-5-11(8-10)14-9-12-6-1-2-7-17-12/h10-12,14H,1-9H2,(H,15,16). The van der Waals surface area contributed by atoms with Crippen molar-refractivity contribution < 1.29 is 14.6 Å². The molecule has 2 rings (SSSR count). The van der Waals surface area contributed by atoms with E-state index in [0.29, 0.717) is 12.1 Å². The van der Waals surface area contributed by atoms with Crippen LogP contribution in [-0.2, 0) is 9.53 Å². The summed E-state index contributed by atoms with van der Waals surface area (Å²) in [7, 11) is 0. The Kier molecular flexibility index (Phi) is 4.80. The lowest BCUT2D eigenvalue weighted by Crippen LogP contribution is -2.41. The Labute approximate surface area is 103 Å². The van der Waals surface area contributed by atoms with E-state index in [1.165, 1.54) is 12.8 Å². The second-order valence-corrected chi connectivity index (χ2v) is 5.30. The molecule has 1 aliphatic heterocycles. The van der Waals surface area contributed by atoms with Gasteiger partial charge in [-0.05, 0) is 38.5 Å². The third-order valence-corrected chi connectivity index (χ3v) is 3.93. The van der Waals surface area contributed by atoms with Gasteiger partial charge in [0.15, 0.2) is 0 Å². The van der Waals surface area contributed by atoms with Crippen LogP contribution < -0.4 is 5.32 Å². The Morgan fingerprint density at radius 1 is 1.24 bits per heavy atom. The summed E-state index contributed by atoms with van der Waals surface area (Å²) in [6, 6.07) is 0.371. The van der Waals surface area contributed by atoms with Crippen molar-refractivity contribution in [2.24, 2.45) is 5.92 Å². The predicted octanol–water partition coefficient (Wildman–Crippen LogP) is 1.79. The fraction of sp³-hybridized carbons (Fsp3) is 0.923. The number of hydrogen-bond donors (Lipinski definition) is 2. The normalized spacial score (nSPS) is 34.5. The first kappa shape index (κ1) is 12.8. The van der Waals surface area contributed by atoms with Crippen molar-refractivity contribution in [1.29, 1.82) is 0 Å². The number of ether oxygens (including phenoxy) is 1. The lowest BCUT2D eigenvalue weighted by molar-refractivity contribution is -0.143. The Morgan fingerprint density at radius 2 is 2.12 bits per heavy atom. The molecule has 4 heteroatoms. The maximum atomic E-state index is 11.0. The Morgan fingerprint density at radius 3 is 2.82 bits per heavy atom. The number of rotatable bonds is 4. The van der Waals surface area contributed by atoms with Gasteiger partial charge in [-0.15, -0.1) is 0 Å². The van der Waals surface area contributed by atoms with Gasteiger partial charge >= 0.3 is 5.97 Å². The van der Waals surface area contributed by atoms with E-state index in [1.807, 2.05) is 0 Å². The molecule has 2 N–H and O–H groups in total. The molecular weight excluding hydrogens is 218 g/mol. The summed E-state index contributed by atoms with van der Waals surface area (Å²) < 4.78 is 5.66. The minimum Gasteiger partial charge on any atom is -0.481 e. The second-order valence-electron chi connectivity index (χ2n) is 5.30. The van der Waals surface area contributed by atoms with Crippen LogP contribution in [0.3, 0.4) is 0 Å². The average molecular weight is 241 g/mol. The second kappa shape index (κ2) is 6.36. The lowest BCUT2D eigenvalue weighted by Gasteiger charge is -2.30. The van der Waals surface area contributed by atoms with Crippen molar-refractivity contribution in [2.75, 3.05) is 13.2 Å². The van der Waals surface area contributed by atoms with Crippen LogP contribution in [0.2, 0.25) is 0 Å². The number of carboxylic acids is 1. The van der Waals surface area contributed by atoms with E-state index in [-0.39, 0.29) is 5.92 Å². The molecule has 0 aromatic heterocycles.